The molecule has 0 aromatic rings. The van der Waals surface area contributed by atoms with Gasteiger partial charge in [0.2, 0.25) is 0 Å². The fourth-order valence-electron chi connectivity index (χ4n) is 1.06. The fourth-order valence-corrected chi connectivity index (χ4v) is 2.26. The lowest BCUT2D eigenvalue weighted by molar-refractivity contribution is 0.550. The Morgan fingerprint density at radius 1 is 1.21 bits per heavy atom. The molecule has 0 heterocycles. The molecule has 4 heteroatoms. The van der Waals surface area contributed by atoms with E-state index in [1.54, 1.807) is 20.8 Å². The fraction of sp³-hybridized carbons (Fsp3) is 1.00. The number of rotatable bonds is 5. The highest BCUT2D eigenvalue weighted by Gasteiger charge is 2.27. The van der Waals surface area contributed by atoms with E-state index in [-0.39, 0.29) is 11.8 Å². The van der Waals surface area contributed by atoms with Gasteiger partial charge in [-0.3, -0.25) is 0 Å². The molecule has 0 spiro atoms. The van der Waals surface area contributed by atoms with Crippen molar-refractivity contribution in [2.75, 3.05) is 5.75 Å². The van der Waals surface area contributed by atoms with Gasteiger partial charge in [0.1, 0.15) is 0 Å². The molecular weight excluding hydrogens is 198 g/mol. The molecule has 0 amide bonds. The molecule has 0 fully saturated rings. The summed E-state index contributed by atoms with van der Waals surface area (Å²) in [6.07, 6.45) is 2.52. The molecule has 0 aromatic carbocycles. The highest BCUT2D eigenvalue weighted by atomic mass is 32.2. The second-order valence-electron chi connectivity index (χ2n) is 4.90. The zero-order chi connectivity index (χ0) is 11.4. The molecule has 0 saturated carbocycles. The smallest absolute Gasteiger partial charge is 0.155 e. The summed E-state index contributed by atoms with van der Waals surface area (Å²) in [7, 11) is -2.94. The van der Waals surface area contributed by atoms with Crippen LogP contribution in [0.4, 0.5) is 0 Å². The predicted molar refractivity (Wildman–Crippen MR) is 61.0 cm³/mol. The first-order chi connectivity index (χ1) is 6.17. The average molecular weight is 221 g/mol. The summed E-state index contributed by atoms with van der Waals surface area (Å²) in [5.41, 5.74) is 5.58. The summed E-state index contributed by atoms with van der Waals surface area (Å²) >= 11 is 0. The maximum atomic E-state index is 11.7. The summed E-state index contributed by atoms with van der Waals surface area (Å²) in [6, 6.07) is 0.173. The first kappa shape index (κ1) is 13.9. The molecule has 14 heavy (non-hydrogen) atoms. The molecule has 1 atom stereocenters. The zero-order valence-corrected chi connectivity index (χ0v) is 10.5. The molecule has 0 saturated heterocycles. The van der Waals surface area contributed by atoms with Crippen molar-refractivity contribution < 1.29 is 8.42 Å². The molecule has 0 bridgehead atoms. The lowest BCUT2D eigenvalue weighted by Gasteiger charge is -2.19. The molecule has 0 radical (unpaired) electrons. The van der Waals surface area contributed by atoms with Crippen LogP contribution in [0.3, 0.4) is 0 Å². The van der Waals surface area contributed by atoms with Crippen LogP contribution in [-0.2, 0) is 9.84 Å². The van der Waals surface area contributed by atoms with Crippen LogP contribution in [0.2, 0.25) is 0 Å². The van der Waals surface area contributed by atoms with Crippen LogP contribution in [0.25, 0.3) is 0 Å². The lowest BCUT2D eigenvalue weighted by Crippen LogP contribution is -2.30. The van der Waals surface area contributed by atoms with E-state index in [1.165, 1.54) is 0 Å². The van der Waals surface area contributed by atoms with Crippen molar-refractivity contribution in [3.8, 4) is 0 Å². The average Bonchev–Trinajstić information content (AvgIpc) is 1.95. The van der Waals surface area contributed by atoms with Gasteiger partial charge in [-0.15, -0.1) is 0 Å². The summed E-state index contributed by atoms with van der Waals surface area (Å²) in [4.78, 5) is 0. The zero-order valence-electron chi connectivity index (χ0n) is 9.71. The van der Waals surface area contributed by atoms with Gasteiger partial charge in [-0.1, -0.05) is 6.42 Å². The van der Waals surface area contributed by atoms with E-state index >= 15 is 0 Å². The topological polar surface area (TPSA) is 60.2 Å². The molecule has 0 aromatic heterocycles. The summed E-state index contributed by atoms with van der Waals surface area (Å²) in [6.45, 7) is 7.17. The van der Waals surface area contributed by atoms with Crippen LogP contribution in [0.15, 0.2) is 0 Å². The van der Waals surface area contributed by atoms with Crippen molar-refractivity contribution in [1.29, 1.82) is 0 Å². The molecule has 2 N–H and O–H groups in total. The van der Waals surface area contributed by atoms with Crippen molar-refractivity contribution >= 4 is 9.84 Å². The number of nitrogens with two attached hydrogens (primary N) is 1. The van der Waals surface area contributed by atoms with E-state index in [0.29, 0.717) is 0 Å². The van der Waals surface area contributed by atoms with E-state index in [4.69, 9.17) is 5.73 Å². The van der Waals surface area contributed by atoms with E-state index in [9.17, 15) is 8.42 Å². The van der Waals surface area contributed by atoms with Crippen LogP contribution in [0.1, 0.15) is 47.0 Å². The predicted octanol–water partition coefficient (Wildman–Crippen LogP) is 1.72. The van der Waals surface area contributed by atoms with Gasteiger partial charge in [0.05, 0.1) is 10.5 Å². The second-order valence-corrected chi connectivity index (χ2v) is 7.77. The largest absolute Gasteiger partial charge is 0.328 e. The number of hydrogen-bond acceptors (Lipinski definition) is 3. The van der Waals surface area contributed by atoms with Gasteiger partial charge in [0.15, 0.2) is 9.84 Å². The van der Waals surface area contributed by atoms with Gasteiger partial charge in [-0.2, -0.15) is 0 Å². The Bertz CT molecular complexity index is 250. The van der Waals surface area contributed by atoms with Crippen LogP contribution < -0.4 is 5.73 Å². The molecule has 86 valence electrons. The third-order valence-electron chi connectivity index (χ3n) is 2.26. The SMILES string of the molecule is CC(N)CCCCS(=O)(=O)C(C)(C)C. The van der Waals surface area contributed by atoms with Crippen molar-refractivity contribution in [3.63, 3.8) is 0 Å². The molecule has 0 aliphatic rings. The molecule has 0 rings (SSSR count). The monoisotopic (exact) mass is 221 g/mol. The van der Waals surface area contributed by atoms with Gasteiger partial charge < -0.3 is 5.73 Å². The van der Waals surface area contributed by atoms with Crippen LogP contribution in [0.5, 0.6) is 0 Å². The molecular formula is C10H23NO2S. The van der Waals surface area contributed by atoms with Gasteiger partial charge in [0, 0.05) is 6.04 Å². The molecule has 0 aliphatic heterocycles. The lowest BCUT2D eigenvalue weighted by atomic mass is 10.2. The Labute approximate surface area is 88.0 Å². The van der Waals surface area contributed by atoms with E-state index < -0.39 is 14.6 Å². The Morgan fingerprint density at radius 2 is 1.71 bits per heavy atom. The molecule has 3 nitrogen and oxygen atoms in total. The molecule has 1 unspecified atom stereocenters. The Morgan fingerprint density at radius 3 is 2.07 bits per heavy atom. The minimum absolute atomic E-state index is 0.173. The first-order valence-corrected chi connectivity index (χ1v) is 6.80. The van der Waals surface area contributed by atoms with Crippen LogP contribution in [-0.4, -0.2) is 25.0 Å². The van der Waals surface area contributed by atoms with Gasteiger partial charge >= 0.3 is 0 Å². The third kappa shape index (κ3) is 4.96. The van der Waals surface area contributed by atoms with Crippen molar-refractivity contribution in [3.05, 3.63) is 0 Å². The highest BCUT2D eigenvalue weighted by Crippen LogP contribution is 2.17. The maximum absolute atomic E-state index is 11.7. The minimum atomic E-state index is -2.94. The minimum Gasteiger partial charge on any atom is -0.328 e. The Hall–Kier alpha value is -0.0900. The summed E-state index contributed by atoms with van der Waals surface area (Å²) in [5.74, 6) is 0.281. The van der Waals surface area contributed by atoms with Crippen molar-refractivity contribution in [2.24, 2.45) is 5.73 Å². The second kappa shape index (κ2) is 5.12. The van der Waals surface area contributed by atoms with Gasteiger partial charge in [0.25, 0.3) is 0 Å². The number of hydrogen-bond donors (Lipinski definition) is 1. The summed E-state index contributed by atoms with van der Waals surface area (Å²) in [5, 5.41) is 0. The quantitative estimate of drug-likeness (QED) is 0.719. The van der Waals surface area contributed by atoms with Crippen LogP contribution in [0, 0.1) is 0 Å². The summed E-state index contributed by atoms with van der Waals surface area (Å²) < 4.78 is 22.7. The van der Waals surface area contributed by atoms with E-state index in [0.717, 1.165) is 19.3 Å². The van der Waals surface area contributed by atoms with Crippen LogP contribution >= 0.6 is 0 Å². The number of sulfone groups is 1. The Kier molecular flexibility index (Phi) is 5.09. The molecule has 0 aliphatic carbocycles. The third-order valence-corrected chi connectivity index (χ3v) is 4.95. The van der Waals surface area contributed by atoms with Crippen molar-refractivity contribution in [2.45, 2.75) is 57.7 Å². The van der Waals surface area contributed by atoms with Crippen molar-refractivity contribution in [1.82, 2.24) is 0 Å². The highest BCUT2D eigenvalue weighted by molar-refractivity contribution is 7.92. The van der Waals surface area contributed by atoms with Gasteiger partial charge in [-0.05, 0) is 40.5 Å². The first-order valence-electron chi connectivity index (χ1n) is 5.15. The Balaban J connectivity index is 3.91. The standard InChI is InChI=1S/C10H23NO2S/c1-9(11)7-5-6-8-14(12,13)10(2,3)4/h9H,5-8,11H2,1-4H3. The van der Waals surface area contributed by atoms with E-state index in [2.05, 4.69) is 0 Å². The normalized spacial score (nSPS) is 15.5. The number of unbranched alkanes of at least 4 members (excludes halogenated alkanes) is 1. The van der Waals surface area contributed by atoms with Gasteiger partial charge in [-0.25, -0.2) is 8.42 Å². The van der Waals surface area contributed by atoms with E-state index in [1.807, 2.05) is 6.92 Å². The maximum Gasteiger partial charge on any atom is 0.155 e.